The van der Waals surface area contributed by atoms with Crippen molar-refractivity contribution in [3.05, 3.63) is 64.5 Å². The minimum absolute atomic E-state index is 0.0703. The van der Waals surface area contributed by atoms with Crippen LogP contribution in [-0.4, -0.2) is 47.2 Å². The molecule has 0 saturated carbocycles. The second kappa shape index (κ2) is 7.52. The van der Waals surface area contributed by atoms with Crippen molar-refractivity contribution in [1.82, 2.24) is 9.88 Å². The lowest BCUT2D eigenvalue weighted by Gasteiger charge is -2.53. The van der Waals surface area contributed by atoms with Crippen LogP contribution in [0.3, 0.4) is 0 Å². The minimum Gasteiger partial charge on any atom is -0.372 e. The number of aryl methyl sites for hydroxylation is 1. The number of nitrogens with zero attached hydrogens (tertiary/aromatic N) is 2. The summed E-state index contributed by atoms with van der Waals surface area (Å²) in [5.41, 5.74) is 4.73. The molecule has 0 unspecified atom stereocenters. The lowest BCUT2D eigenvalue weighted by molar-refractivity contribution is -0.188. The van der Waals surface area contributed by atoms with E-state index >= 15 is 0 Å². The zero-order valence-electron chi connectivity index (χ0n) is 16.7. The molecule has 2 aromatic rings. The summed E-state index contributed by atoms with van der Waals surface area (Å²) in [5, 5.41) is 0. The van der Waals surface area contributed by atoms with E-state index in [-0.39, 0.29) is 17.6 Å². The molecule has 29 heavy (non-hydrogen) atoms. The summed E-state index contributed by atoms with van der Waals surface area (Å²) in [6.07, 6.45) is 1.84. The summed E-state index contributed by atoms with van der Waals surface area (Å²) in [6, 6.07) is 11.9. The summed E-state index contributed by atoms with van der Waals surface area (Å²) in [7, 11) is 0. The molecule has 0 N–H and O–H groups in total. The van der Waals surface area contributed by atoms with Crippen molar-refractivity contribution in [3.63, 3.8) is 0 Å². The topological polar surface area (TPSA) is 60.9 Å². The molecule has 1 aromatic heterocycles. The summed E-state index contributed by atoms with van der Waals surface area (Å²) >= 11 is 0. The molecule has 0 aliphatic carbocycles. The third-order valence-corrected chi connectivity index (χ3v) is 6.07. The number of aromatic nitrogens is 1. The maximum atomic E-state index is 12.9. The Kier molecular flexibility index (Phi) is 4.86. The molecule has 0 radical (unpaired) electrons. The molecule has 1 atom stereocenters. The smallest absolute Gasteiger partial charge is 0.254 e. The van der Waals surface area contributed by atoms with E-state index in [0.717, 1.165) is 35.4 Å². The van der Waals surface area contributed by atoms with Crippen LogP contribution >= 0.6 is 0 Å². The van der Waals surface area contributed by atoms with Gasteiger partial charge in [0.1, 0.15) is 5.60 Å². The average molecular weight is 394 g/mol. The SMILES string of the molecule is Cc1cccc(CO[C@H]2CCOC3(C2)CN(C(=O)c2ccc4c(c2)COC4)C3)n1. The van der Waals surface area contributed by atoms with Crippen LogP contribution in [0.1, 0.15) is 45.7 Å². The fourth-order valence-corrected chi connectivity index (χ4v) is 4.51. The second-order valence-electron chi connectivity index (χ2n) is 8.37. The van der Waals surface area contributed by atoms with E-state index in [1.807, 2.05) is 48.2 Å². The van der Waals surface area contributed by atoms with Gasteiger partial charge in [-0.2, -0.15) is 0 Å². The predicted molar refractivity (Wildman–Crippen MR) is 106 cm³/mol. The summed E-state index contributed by atoms with van der Waals surface area (Å²) in [6.45, 7) is 5.67. The van der Waals surface area contributed by atoms with Crippen LogP contribution in [0.4, 0.5) is 0 Å². The van der Waals surface area contributed by atoms with E-state index < -0.39 is 0 Å². The summed E-state index contributed by atoms with van der Waals surface area (Å²) < 4.78 is 17.7. The Balaban J connectivity index is 1.17. The predicted octanol–water partition coefficient (Wildman–Crippen LogP) is 3.01. The zero-order chi connectivity index (χ0) is 19.8. The third-order valence-electron chi connectivity index (χ3n) is 6.07. The molecule has 152 valence electrons. The quantitative estimate of drug-likeness (QED) is 0.798. The standard InChI is InChI=1S/C23H26N2O4/c1-16-3-2-4-20(24-16)13-28-21-7-8-29-23(10-21)14-25(15-23)22(26)17-5-6-18-11-27-12-19(18)9-17/h2-6,9,21H,7-8,10-15H2,1H3/t21-/m0/s1. The van der Waals surface area contributed by atoms with Crippen LogP contribution in [0.15, 0.2) is 36.4 Å². The number of rotatable bonds is 4. The van der Waals surface area contributed by atoms with Crippen molar-refractivity contribution in [2.75, 3.05) is 19.7 Å². The molecular weight excluding hydrogens is 368 g/mol. The first-order valence-electron chi connectivity index (χ1n) is 10.3. The van der Waals surface area contributed by atoms with Gasteiger partial charge in [-0.15, -0.1) is 0 Å². The van der Waals surface area contributed by atoms with E-state index in [1.54, 1.807) is 0 Å². The number of fused-ring (bicyclic) bond motifs is 1. The van der Waals surface area contributed by atoms with Gasteiger partial charge < -0.3 is 19.1 Å². The number of pyridine rings is 1. The van der Waals surface area contributed by atoms with Crippen molar-refractivity contribution in [2.45, 2.75) is 51.3 Å². The Bertz CT molecular complexity index is 923. The molecular formula is C23H26N2O4. The third kappa shape index (κ3) is 3.80. The molecule has 1 spiro atoms. The van der Waals surface area contributed by atoms with Crippen molar-refractivity contribution >= 4 is 5.91 Å². The van der Waals surface area contributed by atoms with Crippen molar-refractivity contribution in [3.8, 4) is 0 Å². The van der Waals surface area contributed by atoms with E-state index in [1.165, 1.54) is 5.56 Å². The summed E-state index contributed by atoms with van der Waals surface area (Å²) in [5.74, 6) is 0.0703. The van der Waals surface area contributed by atoms with Crippen LogP contribution in [0, 0.1) is 6.92 Å². The highest BCUT2D eigenvalue weighted by atomic mass is 16.5. The highest BCUT2D eigenvalue weighted by molar-refractivity contribution is 5.95. The zero-order valence-corrected chi connectivity index (χ0v) is 16.7. The molecule has 2 fully saturated rings. The van der Waals surface area contributed by atoms with Crippen LogP contribution < -0.4 is 0 Å². The number of benzene rings is 1. The van der Waals surface area contributed by atoms with Gasteiger partial charge >= 0.3 is 0 Å². The normalized spacial score (nSPS) is 22.4. The molecule has 5 rings (SSSR count). The van der Waals surface area contributed by atoms with Crippen LogP contribution in [0.5, 0.6) is 0 Å². The van der Waals surface area contributed by atoms with E-state index in [0.29, 0.717) is 39.5 Å². The number of carbonyl (C=O) groups excluding carboxylic acids is 1. The van der Waals surface area contributed by atoms with Gasteiger partial charge in [0.2, 0.25) is 0 Å². The molecule has 2 saturated heterocycles. The number of hydrogen-bond donors (Lipinski definition) is 0. The monoisotopic (exact) mass is 394 g/mol. The minimum atomic E-state index is -0.265. The maximum absolute atomic E-state index is 12.9. The van der Waals surface area contributed by atoms with Gasteiger partial charge in [0.15, 0.2) is 0 Å². The highest BCUT2D eigenvalue weighted by Gasteiger charge is 2.49. The van der Waals surface area contributed by atoms with Gasteiger partial charge in [-0.25, -0.2) is 0 Å². The van der Waals surface area contributed by atoms with E-state index in [2.05, 4.69) is 4.98 Å². The Labute approximate surface area is 170 Å². The Morgan fingerprint density at radius 2 is 2.10 bits per heavy atom. The Hall–Kier alpha value is -2.28. The fraction of sp³-hybridized carbons (Fsp3) is 0.478. The first-order valence-corrected chi connectivity index (χ1v) is 10.3. The number of amides is 1. The molecule has 0 bridgehead atoms. The molecule has 4 heterocycles. The molecule has 1 amide bonds. The number of carbonyl (C=O) groups is 1. The summed E-state index contributed by atoms with van der Waals surface area (Å²) in [4.78, 5) is 19.2. The van der Waals surface area contributed by atoms with Gasteiger partial charge in [-0.3, -0.25) is 9.78 Å². The number of hydrogen-bond acceptors (Lipinski definition) is 5. The molecule has 3 aliphatic heterocycles. The van der Waals surface area contributed by atoms with Gasteiger partial charge in [-0.1, -0.05) is 12.1 Å². The van der Waals surface area contributed by atoms with Crippen LogP contribution in [-0.2, 0) is 34.0 Å². The number of ether oxygens (including phenoxy) is 3. The van der Waals surface area contributed by atoms with Gasteiger partial charge in [0, 0.05) is 24.3 Å². The highest BCUT2D eigenvalue weighted by Crippen LogP contribution is 2.36. The fourth-order valence-electron chi connectivity index (χ4n) is 4.51. The van der Waals surface area contributed by atoms with Gasteiger partial charge in [-0.05, 0) is 48.7 Å². The van der Waals surface area contributed by atoms with E-state index in [9.17, 15) is 4.79 Å². The second-order valence-corrected chi connectivity index (χ2v) is 8.37. The van der Waals surface area contributed by atoms with Crippen LogP contribution in [0.2, 0.25) is 0 Å². The molecule has 6 nitrogen and oxygen atoms in total. The first-order chi connectivity index (χ1) is 14.1. The number of likely N-dealkylation sites (tertiary alicyclic amines) is 1. The van der Waals surface area contributed by atoms with Crippen molar-refractivity contribution < 1.29 is 19.0 Å². The molecule has 3 aliphatic rings. The molecule has 6 heteroatoms. The largest absolute Gasteiger partial charge is 0.372 e. The Morgan fingerprint density at radius 3 is 2.97 bits per heavy atom. The van der Waals surface area contributed by atoms with Gasteiger partial charge in [0.05, 0.1) is 44.7 Å². The van der Waals surface area contributed by atoms with Crippen molar-refractivity contribution in [2.24, 2.45) is 0 Å². The first kappa shape index (κ1) is 18.7. The Morgan fingerprint density at radius 1 is 1.24 bits per heavy atom. The lowest BCUT2D eigenvalue weighted by Crippen LogP contribution is -2.67. The van der Waals surface area contributed by atoms with Gasteiger partial charge in [0.25, 0.3) is 5.91 Å². The average Bonchev–Trinajstić information content (AvgIpc) is 3.18. The maximum Gasteiger partial charge on any atom is 0.254 e. The molecule has 1 aromatic carbocycles. The van der Waals surface area contributed by atoms with Crippen molar-refractivity contribution in [1.29, 1.82) is 0 Å². The van der Waals surface area contributed by atoms with E-state index in [4.69, 9.17) is 14.2 Å². The lowest BCUT2D eigenvalue weighted by atomic mass is 9.84. The van der Waals surface area contributed by atoms with Crippen LogP contribution in [0.25, 0.3) is 0 Å².